The van der Waals surface area contributed by atoms with Gasteiger partial charge >= 0.3 is 0 Å². The Morgan fingerprint density at radius 1 is 1.10 bits per heavy atom. The number of aryl methyl sites for hydroxylation is 2. The molecule has 21 heavy (non-hydrogen) atoms. The Morgan fingerprint density at radius 2 is 1.76 bits per heavy atom. The summed E-state index contributed by atoms with van der Waals surface area (Å²) in [5.74, 6) is 0.555. The van der Waals surface area contributed by atoms with Gasteiger partial charge in [-0.25, -0.2) is 9.50 Å². The minimum atomic E-state index is 0.555. The molecule has 4 heteroatoms. The lowest BCUT2D eigenvalue weighted by Crippen LogP contribution is -1.97. The molecule has 0 fully saturated rings. The first kappa shape index (κ1) is 14.3. The molecule has 2 aromatic heterocycles. The summed E-state index contributed by atoms with van der Waals surface area (Å²) in [5.41, 5.74) is 4.61. The van der Waals surface area contributed by atoms with Crippen LogP contribution in [0.4, 0.5) is 0 Å². The molecule has 0 aliphatic carbocycles. The van der Waals surface area contributed by atoms with Gasteiger partial charge in [0.1, 0.15) is 5.01 Å². The molecule has 0 spiro atoms. The van der Waals surface area contributed by atoms with E-state index in [-0.39, 0.29) is 0 Å². The summed E-state index contributed by atoms with van der Waals surface area (Å²) in [6.07, 6.45) is 2.27. The summed E-state index contributed by atoms with van der Waals surface area (Å²) in [5, 5.41) is 6.00. The topological polar surface area (TPSA) is 30.2 Å². The normalized spacial score (nSPS) is 11.7. The number of nitrogens with zero attached hydrogens (tertiary/aromatic N) is 3. The SMILES string of the molecule is CCC(CC)c1nn2c(C)c(-c3ccc(C)cc3)nc2s1. The Balaban J connectivity index is 2.05. The molecule has 1 aromatic carbocycles. The van der Waals surface area contributed by atoms with E-state index in [1.165, 1.54) is 16.1 Å². The molecule has 2 heterocycles. The van der Waals surface area contributed by atoms with Crippen molar-refractivity contribution in [3.8, 4) is 11.3 Å². The maximum atomic E-state index is 4.80. The lowest BCUT2D eigenvalue weighted by molar-refractivity contribution is 0.624. The van der Waals surface area contributed by atoms with Crippen molar-refractivity contribution in [2.45, 2.75) is 46.5 Å². The highest BCUT2D eigenvalue weighted by Crippen LogP contribution is 2.31. The number of rotatable bonds is 4. The molecule has 0 bridgehead atoms. The van der Waals surface area contributed by atoms with Gasteiger partial charge in [-0.3, -0.25) is 0 Å². The Morgan fingerprint density at radius 3 is 2.33 bits per heavy atom. The van der Waals surface area contributed by atoms with Crippen LogP contribution in [-0.2, 0) is 0 Å². The number of imidazole rings is 1. The summed E-state index contributed by atoms with van der Waals surface area (Å²) < 4.78 is 2.01. The van der Waals surface area contributed by atoms with E-state index < -0.39 is 0 Å². The van der Waals surface area contributed by atoms with Crippen molar-refractivity contribution in [1.82, 2.24) is 14.6 Å². The molecule has 0 saturated carbocycles. The van der Waals surface area contributed by atoms with Crippen LogP contribution in [0.1, 0.15) is 48.9 Å². The fourth-order valence-electron chi connectivity index (χ4n) is 2.65. The smallest absolute Gasteiger partial charge is 0.212 e. The predicted molar refractivity (Wildman–Crippen MR) is 89.1 cm³/mol. The van der Waals surface area contributed by atoms with E-state index in [9.17, 15) is 0 Å². The van der Waals surface area contributed by atoms with Gasteiger partial charge in [0.2, 0.25) is 4.96 Å². The molecule has 3 aromatic rings. The molecule has 0 radical (unpaired) electrons. The average molecular weight is 299 g/mol. The standard InChI is InChI=1S/C17H21N3S/c1-5-13(6-2)16-19-20-12(4)15(18-17(20)21-16)14-9-7-11(3)8-10-14/h7-10,13H,5-6H2,1-4H3. The molecule has 3 rings (SSSR count). The van der Waals surface area contributed by atoms with Gasteiger partial charge in [-0.15, -0.1) is 0 Å². The number of fused-ring (bicyclic) bond motifs is 1. The van der Waals surface area contributed by atoms with Gasteiger partial charge < -0.3 is 0 Å². The zero-order valence-electron chi connectivity index (χ0n) is 13.1. The molecule has 110 valence electrons. The summed E-state index contributed by atoms with van der Waals surface area (Å²) in [4.78, 5) is 5.81. The monoisotopic (exact) mass is 299 g/mol. The minimum Gasteiger partial charge on any atom is -0.217 e. The predicted octanol–water partition coefficient (Wildman–Crippen LogP) is 4.98. The van der Waals surface area contributed by atoms with Crippen molar-refractivity contribution in [3.05, 3.63) is 40.5 Å². The summed E-state index contributed by atoms with van der Waals surface area (Å²) >= 11 is 1.73. The highest BCUT2D eigenvalue weighted by Gasteiger charge is 2.18. The van der Waals surface area contributed by atoms with Gasteiger partial charge in [-0.1, -0.05) is 55.0 Å². The van der Waals surface area contributed by atoms with Gasteiger partial charge in [0.25, 0.3) is 0 Å². The van der Waals surface area contributed by atoms with Crippen LogP contribution in [0.3, 0.4) is 0 Å². The van der Waals surface area contributed by atoms with Crippen molar-refractivity contribution in [2.24, 2.45) is 0 Å². The molecule has 0 saturated heterocycles. The maximum Gasteiger partial charge on any atom is 0.212 e. The van der Waals surface area contributed by atoms with E-state index in [1.807, 2.05) is 4.52 Å². The van der Waals surface area contributed by atoms with Crippen LogP contribution in [0.5, 0.6) is 0 Å². The van der Waals surface area contributed by atoms with Crippen LogP contribution < -0.4 is 0 Å². The number of aromatic nitrogens is 3. The van der Waals surface area contributed by atoms with Crippen molar-refractivity contribution < 1.29 is 0 Å². The molecule has 0 N–H and O–H groups in total. The van der Waals surface area contributed by atoms with E-state index >= 15 is 0 Å². The second-order valence-electron chi connectivity index (χ2n) is 5.56. The van der Waals surface area contributed by atoms with Crippen LogP contribution in [0.25, 0.3) is 16.2 Å². The lowest BCUT2D eigenvalue weighted by atomic mass is 10.1. The first-order valence-corrected chi connectivity index (χ1v) is 8.38. The largest absolute Gasteiger partial charge is 0.217 e. The van der Waals surface area contributed by atoms with E-state index in [0.29, 0.717) is 5.92 Å². The quantitative estimate of drug-likeness (QED) is 0.680. The van der Waals surface area contributed by atoms with E-state index in [2.05, 4.69) is 52.0 Å². The lowest BCUT2D eigenvalue weighted by Gasteiger charge is -2.06. The first-order valence-electron chi connectivity index (χ1n) is 7.57. The fourth-order valence-corrected chi connectivity index (χ4v) is 3.86. The Hall–Kier alpha value is -1.68. The maximum absolute atomic E-state index is 4.80. The van der Waals surface area contributed by atoms with Gasteiger partial charge in [-0.2, -0.15) is 5.10 Å². The van der Waals surface area contributed by atoms with Gasteiger partial charge in [0.05, 0.1) is 11.4 Å². The van der Waals surface area contributed by atoms with Crippen LogP contribution in [0.15, 0.2) is 24.3 Å². The number of hydrogen-bond acceptors (Lipinski definition) is 3. The van der Waals surface area contributed by atoms with Crippen LogP contribution in [0, 0.1) is 13.8 Å². The van der Waals surface area contributed by atoms with E-state index in [1.54, 1.807) is 11.3 Å². The molecule has 0 aliphatic heterocycles. The van der Waals surface area contributed by atoms with Crippen molar-refractivity contribution in [3.63, 3.8) is 0 Å². The average Bonchev–Trinajstić information content (AvgIpc) is 3.02. The third-order valence-electron chi connectivity index (χ3n) is 4.10. The van der Waals surface area contributed by atoms with E-state index in [4.69, 9.17) is 10.1 Å². The number of hydrogen-bond donors (Lipinski definition) is 0. The highest BCUT2D eigenvalue weighted by atomic mass is 32.1. The molecule has 0 aliphatic rings. The van der Waals surface area contributed by atoms with Gasteiger partial charge in [0, 0.05) is 11.5 Å². The number of benzene rings is 1. The summed E-state index contributed by atoms with van der Waals surface area (Å²) in [7, 11) is 0. The Bertz CT molecular complexity index is 748. The third kappa shape index (κ3) is 2.48. The van der Waals surface area contributed by atoms with Crippen LogP contribution in [-0.4, -0.2) is 14.6 Å². The van der Waals surface area contributed by atoms with Gasteiger partial charge in [0.15, 0.2) is 0 Å². The second-order valence-corrected chi connectivity index (χ2v) is 6.55. The zero-order chi connectivity index (χ0) is 15.0. The molecular weight excluding hydrogens is 278 g/mol. The third-order valence-corrected chi connectivity index (χ3v) is 5.17. The van der Waals surface area contributed by atoms with Crippen LogP contribution >= 0.6 is 11.3 Å². The highest BCUT2D eigenvalue weighted by molar-refractivity contribution is 7.16. The van der Waals surface area contributed by atoms with Gasteiger partial charge in [-0.05, 0) is 26.7 Å². The zero-order valence-corrected chi connectivity index (χ0v) is 13.9. The molecule has 0 unspecified atom stereocenters. The molecule has 3 nitrogen and oxygen atoms in total. The van der Waals surface area contributed by atoms with Crippen molar-refractivity contribution >= 4 is 16.3 Å². The van der Waals surface area contributed by atoms with Crippen LogP contribution in [0.2, 0.25) is 0 Å². The minimum absolute atomic E-state index is 0.555. The molecule has 0 atom stereocenters. The first-order chi connectivity index (χ1) is 10.1. The van der Waals surface area contributed by atoms with E-state index in [0.717, 1.165) is 29.2 Å². The Labute approximate surface area is 129 Å². The molecular formula is C17H21N3S. The van der Waals surface area contributed by atoms with Crippen molar-refractivity contribution in [1.29, 1.82) is 0 Å². The Kier molecular flexibility index (Phi) is 3.81. The van der Waals surface area contributed by atoms with Crippen molar-refractivity contribution in [2.75, 3.05) is 0 Å². The molecule has 0 amide bonds. The fraction of sp³-hybridized carbons (Fsp3) is 0.412. The second kappa shape index (κ2) is 5.60. The summed E-state index contributed by atoms with van der Waals surface area (Å²) in [6.45, 7) is 8.66. The summed E-state index contributed by atoms with van der Waals surface area (Å²) in [6, 6.07) is 8.53.